The van der Waals surface area contributed by atoms with E-state index in [9.17, 15) is 9.59 Å². The van der Waals surface area contributed by atoms with Crippen molar-refractivity contribution in [3.05, 3.63) is 77.5 Å². The summed E-state index contributed by atoms with van der Waals surface area (Å²) in [5.41, 5.74) is 1.51. The van der Waals surface area contributed by atoms with Crippen molar-refractivity contribution in [3.63, 3.8) is 0 Å². The molecule has 1 atom stereocenters. The summed E-state index contributed by atoms with van der Waals surface area (Å²) in [5, 5.41) is 2.48. The van der Waals surface area contributed by atoms with Gasteiger partial charge in [-0.15, -0.1) is 11.8 Å². The number of hydrogen-bond acceptors (Lipinski definition) is 5. The van der Waals surface area contributed by atoms with E-state index in [2.05, 4.69) is 12.2 Å². The highest BCUT2D eigenvalue weighted by atomic mass is 32.2. The average Bonchev–Trinajstić information content (AvgIpc) is 3.51. The molecule has 0 radical (unpaired) electrons. The second-order valence-electron chi connectivity index (χ2n) is 10.9. The SMILES string of the molecule is CCCCCCCCCCCCOc1cccc(F)c1CN1C(=O)C(C)Sc2cc(C(=O)NCc3ccco3)ccc21. The Hall–Kier alpha value is -3.26. The number of nitrogens with zero attached hydrogens (tertiary/aromatic N) is 1. The summed E-state index contributed by atoms with van der Waals surface area (Å²) in [7, 11) is 0. The standard InChI is InChI=1S/C34H43FN2O4S/c1-3-4-5-6-7-8-9-10-11-12-20-41-31-17-13-16-29(35)28(31)24-37-30-19-18-26(22-32(30)42-25(2)34(37)39)33(38)36-23-27-15-14-21-40-27/h13-19,21-22,25H,3-12,20,23-24H2,1-2H3,(H,36,38). The molecule has 3 aromatic rings. The number of rotatable bonds is 17. The molecule has 0 saturated carbocycles. The summed E-state index contributed by atoms with van der Waals surface area (Å²) in [5.74, 6) is 0.399. The number of hydrogen-bond donors (Lipinski definition) is 1. The van der Waals surface area contributed by atoms with Gasteiger partial charge in [0.1, 0.15) is 17.3 Å². The molecule has 1 aliphatic heterocycles. The van der Waals surface area contributed by atoms with Gasteiger partial charge in [-0.3, -0.25) is 9.59 Å². The van der Waals surface area contributed by atoms with E-state index in [0.717, 1.165) is 17.7 Å². The van der Waals surface area contributed by atoms with Gasteiger partial charge in [0.15, 0.2) is 0 Å². The number of ether oxygens (including phenoxy) is 1. The molecule has 8 heteroatoms. The van der Waals surface area contributed by atoms with Crippen molar-refractivity contribution in [1.82, 2.24) is 5.32 Å². The van der Waals surface area contributed by atoms with E-state index >= 15 is 4.39 Å². The molecule has 0 bridgehead atoms. The van der Waals surface area contributed by atoms with Gasteiger partial charge in [0, 0.05) is 16.0 Å². The number of fused-ring (bicyclic) bond motifs is 1. The number of halogens is 1. The van der Waals surface area contributed by atoms with Crippen LogP contribution in [-0.4, -0.2) is 23.7 Å². The number of thioether (sulfide) groups is 1. The van der Waals surface area contributed by atoms with Gasteiger partial charge in [0.05, 0.1) is 36.9 Å². The number of unbranched alkanes of at least 4 members (excludes halogenated alkanes) is 9. The Labute approximate surface area is 253 Å². The lowest BCUT2D eigenvalue weighted by Crippen LogP contribution is -2.39. The molecular formula is C34H43FN2O4S. The summed E-state index contributed by atoms with van der Waals surface area (Å²) in [6.45, 7) is 4.93. The van der Waals surface area contributed by atoms with E-state index in [-0.39, 0.29) is 30.2 Å². The van der Waals surface area contributed by atoms with Gasteiger partial charge < -0.3 is 19.4 Å². The van der Waals surface area contributed by atoms with Crippen LogP contribution in [0.15, 0.2) is 64.1 Å². The molecule has 1 aromatic heterocycles. The summed E-state index contributed by atoms with van der Waals surface area (Å²) in [6.07, 6.45) is 13.9. The summed E-state index contributed by atoms with van der Waals surface area (Å²) < 4.78 is 26.5. The van der Waals surface area contributed by atoms with Crippen molar-refractivity contribution < 1.29 is 23.1 Å². The van der Waals surface area contributed by atoms with E-state index in [1.165, 1.54) is 69.2 Å². The number of benzene rings is 2. The molecule has 1 unspecified atom stereocenters. The first-order valence-electron chi connectivity index (χ1n) is 15.3. The highest BCUT2D eigenvalue weighted by molar-refractivity contribution is 8.01. The summed E-state index contributed by atoms with van der Waals surface area (Å²) in [4.78, 5) is 28.5. The Balaban J connectivity index is 1.35. The first-order chi connectivity index (χ1) is 20.5. The molecule has 2 aromatic carbocycles. The van der Waals surface area contributed by atoms with Crippen LogP contribution < -0.4 is 15.0 Å². The minimum atomic E-state index is -0.398. The third-order valence-corrected chi connectivity index (χ3v) is 8.72. The minimum absolute atomic E-state index is 0.0564. The van der Waals surface area contributed by atoms with Crippen molar-refractivity contribution in [2.24, 2.45) is 0 Å². The molecular weight excluding hydrogens is 551 g/mol. The zero-order valence-corrected chi connectivity index (χ0v) is 25.6. The van der Waals surface area contributed by atoms with Crippen LogP contribution >= 0.6 is 11.8 Å². The maximum Gasteiger partial charge on any atom is 0.251 e. The van der Waals surface area contributed by atoms with Crippen molar-refractivity contribution in [1.29, 1.82) is 0 Å². The van der Waals surface area contributed by atoms with Crippen molar-refractivity contribution in [2.75, 3.05) is 11.5 Å². The molecule has 1 N–H and O–H groups in total. The lowest BCUT2D eigenvalue weighted by Gasteiger charge is -2.33. The Kier molecular flexibility index (Phi) is 12.4. The number of nitrogens with one attached hydrogen (secondary N) is 1. The third kappa shape index (κ3) is 8.87. The van der Waals surface area contributed by atoms with E-state index in [1.54, 1.807) is 53.6 Å². The Morgan fingerprint density at radius 1 is 1.00 bits per heavy atom. The monoisotopic (exact) mass is 594 g/mol. The third-order valence-electron chi connectivity index (χ3n) is 7.58. The number of carbonyl (C=O) groups excluding carboxylic acids is 2. The number of amides is 2. The van der Waals surface area contributed by atoms with Crippen LogP contribution in [-0.2, 0) is 17.9 Å². The first kappa shape index (κ1) is 31.7. The molecule has 226 valence electrons. The van der Waals surface area contributed by atoms with Gasteiger partial charge in [0.25, 0.3) is 5.91 Å². The summed E-state index contributed by atoms with van der Waals surface area (Å²) >= 11 is 1.40. The highest BCUT2D eigenvalue weighted by Gasteiger charge is 2.32. The normalized spacial score (nSPS) is 14.6. The number of carbonyl (C=O) groups is 2. The molecule has 2 amide bonds. The van der Waals surface area contributed by atoms with Crippen LogP contribution in [0.2, 0.25) is 0 Å². The predicted octanol–water partition coefficient (Wildman–Crippen LogP) is 8.68. The van der Waals surface area contributed by atoms with E-state index in [1.807, 2.05) is 6.92 Å². The lowest BCUT2D eigenvalue weighted by atomic mass is 10.1. The second-order valence-corrected chi connectivity index (χ2v) is 12.3. The van der Waals surface area contributed by atoms with Gasteiger partial charge in [0.2, 0.25) is 5.91 Å². The molecule has 2 heterocycles. The van der Waals surface area contributed by atoms with Crippen molar-refractivity contribution >= 4 is 29.3 Å². The fourth-order valence-corrected chi connectivity index (χ4v) is 6.26. The largest absolute Gasteiger partial charge is 0.493 e. The lowest BCUT2D eigenvalue weighted by molar-refractivity contribution is -0.118. The maximum absolute atomic E-state index is 15.1. The van der Waals surface area contributed by atoms with Crippen LogP contribution in [0.1, 0.15) is 99.7 Å². The van der Waals surface area contributed by atoms with Crippen molar-refractivity contribution in [3.8, 4) is 5.75 Å². The van der Waals surface area contributed by atoms with Gasteiger partial charge in [-0.1, -0.05) is 70.8 Å². The molecule has 1 aliphatic rings. The van der Waals surface area contributed by atoms with Gasteiger partial charge >= 0.3 is 0 Å². The van der Waals surface area contributed by atoms with E-state index in [4.69, 9.17) is 9.15 Å². The van der Waals surface area contributed by atoms with Crippen LogP contribution in [0.25, 0.3) is 0 Å². The molecule has 0 saturated heterocycles. The first-order valence-corrected chi connectivity index (χ1v) is 16.2. The van der Waals surface area contributed by atoms with Gasteiger partial charge in [-0.05, 0) is 55.8 Å². The smallest absolute Gasteiger partial charge is 0.251 e. The van der Waals surface area contributed by atoms with Crippen LogP contribution in [0.3, 0.4) is 0 Å². The van der Waals surface area contributed by atoms with E-state index < -0.39 is 5.82 Å². The minimum Gasteiger partial charge on any atom is -0.493 e. The molecule has 0 spiro atoms. The number of furan rings is 1. The second kappa shape index (κ2) is 16.4. The van der Waals surface area contributed by atoms with Gasteiger partial charge in [-0.2, -0.15) is 0 Å². The van der Waals surface area contributed by atoms with E-state index in [0.29, 0.717) is 34.9 Å². The number of anilines is 1. The molecule has 42 heavy (non-hydrogen) atoms. The Morgan fingerprint density at radius 3 is 2.45 bits per heavy atom. The fraction of sp³-hybridized carbons (Fsp3) is 0.471. The Morgan fingerprint density at radius 2 is 1.74 bits per heavy atom. The zero-order valence-electron chi connectivity index (χ0n) is 24.8. The molecule has 0 fully saturated rings. The van der Waals surface area contributed by atoms with Crippen molar-refractivity contribution in [2.45, 2.75) is 101 Å². The summed E-state index contributed by atoms with van der Waals surface area (Å²) in [6, 6.07) is 13.6. The topological polar surface area (TPSA) is 71.8 Å². The predicted molar refractivity (Wildman–Crippen MR) is 167 cm³/mol. The quantitative estimate of drug-likeness (QED) is 0.158. The Bertz CT molecular complexity index is 1300. The maximum atomic E-state index is 15.1. The highest BCUT2D eigenvalue weighted by Crippen LogP contribution is 2.41. The molecule has 6 nitrogen and oxygen atoms in total. The average molecular weight is 595 g/mol. The fourth-order valence-electron chi connectivity index (χ4n) is 5.15. The van der Waals surface area contributed by atoms with Crippen LogP contribution in [0.4, 0.5) is 10.1 Å². The van der Waals surface area contributed by atoms with Gasteiger partial charge in [-0.25, -0.2) is 4.39 Å². The van der Waals surface area contributed by atoms with Crippen LogP contribution in [0, 0.1) is 5.82 Å². The van der Waals surface area contributed by atoms with Crippen LogP contribution in [0.5, 0.6) is 5.75 Å². The molecule has 4 rings (SSSR count). The zero-order chi connectivity index (χ0) is 29.7. The molecule has 0 aliphatic carbocycles.